The second-order valence-electron chi connectivity index (χ2n) is 5.52. The molecule has 4 rings (SSSR count). The standard InChI is InChI=1S/C12H7Cl.C7H8O3S.HI/c13-8-5-6-11-9-3-1-2-4-10(9)12(11)7-8;1-6-2-4-7(5-3-6)11(8,9)10;/h1-7H;2-5H,1H3,(H,8,9,10);1H. The lowest BCUT2D eigenvalue weighted by Gasteiger charge is -2.23. The van der Waals surface area contributed by atoms with Crippen molar-refractivity contribution in [3.8, 4) is 22.3 Å². The normalized spacial score (nSPS) is 11.0. The van der Waals surface area contributed by atoms with Crippen molar-refractivity contribution in [2.45, 2.75) is 11.8 Å². The van der Waals surface area contributed by atoms with E-state index in [1.807, 2.05) is 19.1 Å². The number of aryl methyl sites for hydroxylation is 1. The highest BCUT2D eigenvalue weighted by Gasteiger charge is 2.20. The lowest BCUT2D eigenvalue weighted by molar-refractivity contribution is 0.483. The van der Waals surface area contributed by atoms with Crippen LogP contribution in [0.2, 0.25) is 5.02 Å². The summed E-state index contributed by atoms with van der Waals surface area (Å²) < 4.78 is 29.6. The van der Waals surface area contributed by atoms with Gasteiger partial charge >= 0.3 is 0 Å². The maximum atomic E-state index is 10.5. The zero-order chi connectivity index (χ0) is 17.3. The third kappa shape index (κ3) is 4.41. The molecule has 0 aromatic heterocycles. The molecule has 3 nitrogen and oxygen atoms in total. The van der Waals surface area contributed by atoms with E-state index in [1.165, 1.54) is 34.4 Å². The van der Waals surface area contributed by atoms with E-state index in [9.17, 15) is 8.42 Å². The van der Waals surface area contributed by atoms with Crippen LogP contribution < -0.4 is 0 Å². The first-order chi connectivity index (χ1) is 11.4. The summed E-state index contributed by atoms with van der Waals surface area (Å²) in [4.78, 5) is -0.0666. The molecule has 1 N–H and O–H groups in total. The Morgan fingerprint density at radius 3 is 1.88 bits per heavy atom. The molecule has 0 fully saturated rings. The van der Waals surface area contributed by atoms with Crippen molar-refractivity contribution >= 4 is 45.7 Å². The lowest BCUT2D eigenvalue weighted by Crippen LogP contribution is -1.97. The van der Waals surface area contributed by atoms with Crippen LogP contribution >= 0.6 is 35.6 Å². The number of hydrogen-bond donors (Lipinski definition) is 1. The van der Waals surface area contributed by atoms with Crippen LogP contribution in [0.4, 0.5) is 0 Å². The first-order valence-electron chi connectivity index (χ1n) is 7.30. The fraction of sp³-hybridized carbons (Fsp3) is 0.0526. The van der Waals surface area contributed by atoms with Crippen LogP contribution in [0, 0.1) is 6.92 Å². The summed E-state index contributed by atoms with van der Waals surface area (Å²) in [5.41, 5.74) is 6.22. The monoisotopic (exact) mass is 486 g/mol. The third-order valence-corrected chi connectivity index (χ3v) is 4.91. The molecule has 0 spiro atoms. The van der Waals surface area contributed by atoms with Gasteiger partial charge in [0, 0.05) is 5.02 Å². The van der Waals surface area contributed by atoms with Gasteiger partial charge in [-0.05, 0) is 53.4 Å². The summed E-state index contributed by atoms with van der Waals surface area (Å²) in [6.45, 7) is 1.84. The summed E-state index contributed by atoms with van der Waals surface area (Å²) >= 11 is 5.92. The highest BCUT2D eigenvalue weighted by atomic mass is 127. The third-order valence-electron chi connectivity index (χ3n) is 3.81. The molecule has 0 radical (unpaired) electrons. The molecule has 0 atom stereocenters. The number of fused-ring (bicyclic) bond motifs is 4. The van der Waals surface area contributed by atoms with Gasteiger partial charge in [0.05, 0.1) is 4.90 Å². The molecule has 6 heteroatoms. The maximum Gasteiger partial charge on any atom is 0.294 e. The molecular formula is C19H16ClIO3S. The topological polar surface area (TPSA) is 54.4 Å². The van der Waals surface area contributed by atoms with Gasteiger partial charge in [-0.15, -0.1) is 24.0 Å². The van der Waals surface area contributed by atoms with Crippen molar-refractivity contribution in [2.75, 3.05) is 0 Å². The smallest absolute Gasteiger partial charge is 0.282 e. The largest absolute Gasteiger partial charge is 0.294 e. The van der Waals surface area contributed by atoms with E-state index in [0.29, 0.717) is 0 Å². The Morgan fingerprint density at radius 2 is 1.32 bits per heavy atom. The van der Waals surface area contributed by atoms with E-state index in [2.05, 4.69) is 30.3 Å². The van der Waals surface area contributed by atoms with Gasteiger partial charge in [-0.2, -0.15) is 8.42 Å². The molecule has 0 amide bonds. The summed E-state index contributed by atoms with van der Waals surface area (Å²) in [6, 6.07) is 20.4. The molecule has 0 saturated heterocycles. The Hall–Kier alpha value is -1.41. The minimum Gasteiger partial charge on any atom is -0.282 e. The van der Waals surface area contributed by atoms with E-state index >= 15 is 0 Å². The molecule has 0 unspecified atom stereocenters. The molecule has 3 aromatic carbocycles. The Morgan fingerprint density at radius 1 is 0.800 bits per heavy atom. The first kappa shape index (κ1) is 19.9. The highest BCUT2D eigenvalue weighted by molar-refractivity contribution is 14.0. The molecule has 0 bridgehead atoms. The molecule has 1 aliphatic rings. The van der Waals surface area contributed by atoms with Crippen molar-refractivity contribution in [3.63, 3.8) is 0 Å². The fourth-order valence-corrected chi connectivity index (χ4v) is 3.23. The lowest BCUT2D eigenvalue weighted by atomic mass is 9.81. The molecular weight excluding hydrogens is 471 g/mol. The van der Waals surface area contributed by atoms with Crippen LogP contribution in [0.1, 0.15) is 5.56 Å². The van der Waals surface area contributed by atoms with Crippen molar-refractivity contribution in [1.82, 2.24) is 0 Å². The Bertz CT molecular complexity index is 999. The second-order valence-corrected chi connectivity index (χ2v) is 7.38. The van der Waals surface area contributed by atoms with Crippen LogP contribution in [0.15, 0.2) is 71.6 Å². The molecule has 1 aliphatic carbocycles. The van der Waals surface area contributed by atoms with Crippen molar-refractivity contribution in [2.24, 2.45) is 0 Å². The van der Waals surface area contributed by atoms with E-state index in [-0.39, 0.29) is 28.9 Å². The summed E-state index contributed by atoms with van der Waals surface area (Å²) in [7, 11) is -4.02. The molecule has 0 aliphatic heterocycles. The minimum absolute atomic E-state index is 0. The van der Waals surface area contributed by atoms with Gasteiger partial charge in [0.2, 0.25) is 0 Å². The number of hydrogen-bond acceptors (Lipinski definition) is 2. The minimum atomic E-state index is -4.02. The number of halogens is 2. The SMILES string of the molecule is Cc1ccc(S(=O)(=O)O)cc1.Clc1ccc2c(c1)-c1ccccc1-2.I. The van der Waals surface area contributed by atoms with Crippen LogP contribution in [-0.4, -0.2) is 13.0 Å². The summed E-state index contributed by atoms with van der Waals surface area (Å²) in [6.07, 6.45) is 0. The van der Waals surface area contributed by atoms with Gasteiger partial charge in [-0.25, -0.2) is 0 Å². The molecule has 3 aromatic rings. The van der Waals surface area contributed by atoms with Gasteiger partial charge in [0.25, 0.3) is 10.1 Å². The quantitative estimate of drug-likeness (QED) is 0.271. The summed E-state index contributed by atoms with van der Waals surface area (Å²) in [5.74, 6) is 0. The first-order valence-corrected chi connectivity index (χ1v) is 9.11. The van der Waals surface area contributed by atoms with E-state index in [1.54, 1.807) is 12.1 Å². The molecule has 25 heavy (non-hydrogen) atoms. The van der Waals surface area contributed by atoms with Crippen molar-refractivity contribution in [3.05, 3.63) is 77.3 Å². The van der Waals surface area contributed by atoms with Crippen molar-refractivity contribution in [1.29, 1.82) is 0 Å². The van der Waals surface area contributed by atoms with Crippen LogP contribution in [0.3, 0.4) is 0 Å². The fourth-order valence-electron chi connectivity index (χ4n) is 2.57. The van der Waals surface area contributed by atoms with E-state index in [4.69, 9.17) is 16.2 Å². The predicted octanol–water partition coefficient (Wildman–Crippen LogP) is 5.85. The van der Waals surface area contributed by atoms with E-state index < -0.39 is 10.1 Å². The van der Waals surface area contributed by atoms with Gasteiger partial charge in [-0.3, -0.25) is 4.55 Å². The van der Waals surface area contributed by atoms with E-state index in [0.717, 1.165) is 10.6 Å². The predicted molar refractivity (Wildman–Crippen MR) is 112 cm³/mol. The Labute approximate surface area is 169 Å². The van der Waals surface area contributed by atoms with Gasteiger partial charge in [0.15, 0.2) is 0 Å². The summed E-state index contributed by atoms with van der Waals surface area (Å²) in [5, 5.41) is 0.813. The number of rotatable bonds is 1. The Balaban J connectivity index is 0.000000176. The average Bonchev–Trinajstić information content (AvgIpc) is 2.53. The van der Waals surface area contributed by atoms with Crippen LogP contribution in [0.5, 0.6) is 0 Å². The zero-order valence-electron chi connectivity index (χ0n) is 13.3. The van der Waals surface area contributed by atoms with Gasteiger partial charge < -0.3 is 0 Å². The van der Waals surface area contributed by atoms with Crippen LogP contribution in [-0.2, 0) is 10.1 Å². The van der Waals surface area contributed by atoms with Gasteiger partial charge in [-0.1, -0.05) is 59.6 Å². The zero-order valence-corrected chi connectivity index (χ0v) is 17.2. The molecule has 0 heterocycles. The Kier molecular flexibility index (Phi) is 6.26. The van der Waals surface area contributed by atoms with Crippen LogP contribution in [0.25, 0.3) is 22.3 Å². The molecule has 0 saturated carbocycles. The average molecular weight is 487 g/mol. The second kappa shape index (κ2) is 7.86. The van der Waals surface area contributed by atoms with Gasteiger partial charge in [0.1, 0.15) is 0 Å². The maximum absolute atomic E-state index is 10.5. The number of benzene rings is 3. The van der Waals surface area contributed by atoms with Crippen molar-refractivity contribution < 1.29 is 13.0 Å². The molecule has 130 valence electrons. The highest BCUT2D eigenvalue weighted by Crippen LogP contribution is 2.47.